The summed E-state index contributed by atoms with van der Waals surface area (Å²) in [5.74, 6) is -0.990. The zero-order chi connectivity index (χ0) is 15.5. The first-order chi connectivity index (χ1) is 9.93. The second-order valence-corrected chi connectivity index (χ2v) is 4.22. The van der Waals surface area contributed by atoms with E-state index in [1.807, 2.05) is 0 Å². The van der Waals surface area contributed by atoms with Crippen molar-refractivity contribution < 1.29 is 22.7 Å². The number of carbonyl (C=O) groups is 1. The first-order valence-corrected chi connectivity index (χ1v) is 6.22. The van der Waals surface area contributed by atoms with E-state index in [4.69, 9.17) is 4.74 Å². The van der Waals surface area contributed by atoms with Crippen molar-refractivity contribution in [1.29, 1.82) is 0 Å². The number of rotatable bonds is 3. The standard InChI is InChI=1S/C15H12F3NO2/c1-2-21-14(20)12-8-10(11-4-3-7-19-9-11)5-6-13(12)15(16,17)18/h3-9H,2H2,1H3. The summed E-state index contributed by atoms with van der Waals surface area (Å²) in [5.41, 5.74) is -0.407. The summed E-state index contributed by atoms with van der Waals surface area (Å²) in [4.78, 5) is 15.7. The highest BCUT2D eigenvalue weighted by molar-refractivity contribution is 5.93. The van der Waals surface area contributed by atoms with Gasteiger partial charge in [-0.1, -0.05) is 12.1 Å². The van der Waals surface area contributed by atoms with E-state index in [2.05, 4.69) is 4.98 Å². The Morgan fingerprint density at radius 2 is 2.00 bits per heavy atom. The number of aromatic nitrogens is 1. The Kier molecular flexibility index (Phi) is 4.26. The van der Waals surface area contributed by atoms with Gasteiger partial charge in [0.05, 0.1) is 17.7 Å². The highest BCUT2D eigenvalue weighted by Crippen LogP contribution is 2.34. The molecular formula is C15H12F3NO2. The van der Waals surface area contributed by atoms with Crippen LogP contribution in [0.4, 0.5) is 13.2 Å². The normalized spacial score (nSPS) is 11.2. The SMILES string of the molecule is CCOC(=O)c1cc(-c2cccnc2)ccc1C(F)(F)F. The molecule has 6 heteroatoms. The predicted molar refractivity (Wildman–Crippen MR) is 70.6 cm³/mol. The molecule has 0 atom stereocenters. The van der Waals surface area contributed by atoms with Crippen LogP contribution in [0, 0.1) is 0 Å². The van der Waals surface area contributed by atoms with Crippen LogP contribution in [0.2, 0.25) is 0 Å². The number of hydrogen-bond acceptors (Lipinski definition) is 3. The van der Waals surface area contributed by atoms with Gasteiger partial charge in [0.2, 0.25) is 0 Å². The van der Waals surface area contributed by atoms with Gasteiger partial charge in [0.25, 0.3) is 0 Å². The third kappa shape index (κ3) is 3.39. The number of benzene rings is 1. The van der Waals surface area contributed by atoms with Crippen LogP contribution in [-0.2, 0) is 10.9 Å². The van der Waals surface area contributed by atoms with Crippen molar-refractivity contribution in [2.24, 2.45) is 0 Å². The lowest BCUT2D eigenvalue weighted by atomic mass is 10.00. The fourth-order valence-electron chi connectivity index (χ4n) is 1.88. The molecule has 0 unspecified atom stereocenters. The summed E-state index contributed by atoms with van der Waals surface area (Å²) in [6, 6.07) is 6.73. The largest absolute Gasteiger partial charge is 0.462 e. The molecular weight excluding hydrogens is 283 g/mol. The summed E-state index contributed by atoms with van der Waals surface area (Å²) in [6.45, 7) is 1.55. The number of pyridine rings is 1. The molecule has 0 saturated heterocycles. The minimum Gasteiger partial charge on any atom is -0.462 e. The van der Waals surface area contributed by atoms with Crippen molar-refractivity contribution in [3.05, 3.63) is 53.9 Å². The molecule has 0 aliphatic heterocycles. The number of esters is 1. The monoisotopic (exact) mass is 295 g/mol. The van der Waals surface area contributed by atoms with Crippen LogP contribution in [0.3, 0.4) is 0 Å². The van der Waals surface area contributed by atoms with Gasteiger partial charge in [-0.3, -0.25) is 4.98 Å². The minimum atomic E-state index is -4.62. The van der Waals surface area contributed by atoms with Crippen LogP contribution in [0.15, 0.2) is 42.7 Å². The van der Waals surface area contributed by atoms with Crippen LogP contribution in [0.5, 0.6) is 0 Å². The van der Waals surface area contributed by atoms with Gasteiger partial charge in [-0.05, 0) is 30.7 Å². The molecule has 0 saturated carbocycles. The Bertz CT molecular complexity index is 639. The molecule has 1 aromatic heterocycles. The van der Waals surface area contributed by atoms with E-state index >= 15 is 0 Å². The maximum absolute atomic E-state index is 13.0. The third-order valence-corrected chi connectivity index (χ3v) is 2.82. The summed E-state index contributed by atoms with van der Waals surface area (Å²) in [5, 5.41) is 0. The summed E-state index contributed by atoms with van der Waals surface area (Å²) < 4.78 is 43.6. The molecule has 1 aromatic carbocycles. The molecule has 0 radical (unpaired) electrons. The second kappa shape index (κ2) is 5.95. The molecule has 0 aliphatic rings. The number of alkyl halides is 3. The first-order valence-electron chi connectivity index (χ1n) is 6.22. The highest BCUT2D eigenvalue weighted by atomic mass is 19.4. The van der Waals surface area contributed by atoms with Gasteiger partial charge in [-0.25, -0.2) is 4.79 Å². The lowest BCUT2D eigenvalue weighted by Gasteiger charge is -2.13. The molecule has 2 aromatic rings. The van der Waals surface area contributed by atoms with Crippen molar-refractivity contribution in [1.82, 2.24) is 4.98 Å². The van der Waals surface area contributed by atoms with Crippen LogP contribution < -0.4 is 0 Å². The van der Waals surface area contributed by atoms with Gasteiger partial charge >= 0.3 is 12.1 Å². The first kappa shape index (κ1) is 15.0. The van der Waals surface area contributed by atoms with Crippen molar-refractivity contribution in [2.75, 3.05) is 6.61 Å². The number of hydrogen-bond donors (Lipinski definition) is 0. The van der Waals surface area contributed by atoms with Crippen LogP contribution in [0.1, 0.15) is 22.8 Å². The molecule has 1 heterocycles. The van der Waals surface area contributed by atoms with Crippen molar-refractivity contribution >= 4 is 5.97 Å². The maximum atomic E-state index is 13.0. The fraction of sp³-hybridized carbons (Fsp3) is 0.200. The van der Waals surface area contributed by atoms with Crippen molar-refractivity contribution in [3.63, 3.8) is 0 Å². The van der Waals surface area contributed by atoms with E-state index < -0.39 is 23.3 Å². The molecule has 3 nitrogen and oxygen atoms in total. The lowest BCUT2D eigenvalue weighted by molar-refractivity contribution is -0.138. The summed E-state index contributed by atoms with van der Waals surface area (Å²) >= 11 is 0. The van der Waals surface area contributed by atoms with E-state index in [9.17, 15) is 18.0 Å². The predicted octanol–water partition coefficient (Wildman–Crippen LogP) is 3.94. The summed E-state index contributed by atoms with van der Waals surface area (Å²) in [6.07, 6.45) is -1.55. The van der Waals surface area contributed by atoms with Crippen LogP contribution in [0.25, 0.3) is 11.1 Å². The average Bonchev–Trinajstić information content (AvgIpc) is 2.47. The van der Waals surface area contributed by atoms with Crippen molar-refractivity contribution in [2.45, 2.75) is 13.1 Å². The molecule has 0 fully saturated rings. The summed E-state index contributed by atoms with van der Waals surface area (Å²) in [7, 11) is 0. The smallest absolute Gasteiger partial charge is 0.417 e. The second-order valence-electron chi connectivity index (χ2n) is 4.22. The van der Waals surface area contributed by atoms with Gasteiger partial charge in [0.1, 0.15) is 0 Å². The lowest BCUT2D eigenvalue weighted by Crippen LogP contribution is -2.15. The Morgan fingerprint density at radius 3 is 2.57 bits per heavy atom. The third-order valence-electron chi connectivity index (χ3n) is 2.82. The minimum absolute atomic E-state index is 0.00719. The van der Waals surface area contributed by atoms with E-state index in [0.29, 0.717) is 11.1 Å². The van der Waals surface area contributed by atoms with E-state index in [1.165, 1.54) is 25.3 Å². The maximum Gasteiger partial charge on any atom is 0.417 e. The van der Waals surface area contributed by atoms with Gasteiger partial charge < -0.3 is 4.74 Å². The highest BCUT2D eigenvalue weighted by Gasteiger charge is 2.35. The zero-order valence-corrected chi connectivity index (χ0v) is 11.1. The molecule has 2 rings (SSSR count). The Hall–Kier alpha value is -2.37. The molecule has 0 aliphatic carbocycles. The van der Waals surface area contributed by atoms with E-state index in [0.717, 1.165) is 6.07 Å². The number of halogens is 3. The molecule has 0 amide bonds. The average molecular weight is 295 g/mol. The van der Waals surface area contributed by atoms with Crippen LogP contribution >= 0.6 is 0 Å². The Balaban J connectivity index is 2.54. The van der Waals surface area contributed by atoms with Gasteiger partial charge in [-0.2, -0.15) is 13.2 Å². The number of carbonyl (C=O) groups excluding carboxylic acids is 1. The zero-order valence-electron chi connectivity index (χ0n) is 11.1. The van der Waals surface area contributed by atoms with E-state index in [1.54, 1.807) is 18.3 Å². The van der Waals surface area contributed by atoms with E-state index in [-0.39, 0.29) is 6.61 Å². The van der Waals surface area contributed by atoms with Crippen LogP contribution in [-0.4, -0.2) is 17.6 Å². The molecule has 0 N–H and O–H groups in total. The van der Waals surface area contributed by atoms with Gasteiger partial charge in [0.15, 0.2) is 0 Å². The Morgan fingerprint density at radius 1 is 1.24 bits per heavy atom. The number of ether oxygens (including phenoxy) is 1. The molecule has 0 bridgehead atoms. The molecule has 21 heavy (non-hydrogen) atoms. The quantitative estimate of drug-likeness (QED) is 0.805. The van der Waals surface area contributed by atoms with Gasteiger partial charge in [0, 0.05) is 18.0 Å². The van der Waals surface area contributed by atoms with Gasteiger partial charge in [-0.15, -0.1) is 0 Å². The topological polar surface area (TPSA) is 39.2 Å². The Labute approximate surface area is 119 Å². The number of nitrogens with zero attached hydrogens (tertiary/aromatic N) is 1. The molecule has 0 spiro atoms. The molecule has 110 valence electrons. The van der Waals surface area contributed by atoms with Crippen molar-refractivity contribution in [3.8, 4) is 11.1 Å². The fourth-order valence-corrected chi connectivity index (χ4v) is 1.88.